The minimum absolute atomic E-state index is 1.04. The highest BCUT2D eigenvalue weighted by atomic mass is 15.2. The molecule has 0 aromatic carbocycles. The molecular weight excluding hydrogens is 280 g/mol. The number of aliphatic imine (C=N–C) groups is 1. The maximum atomic E-state index is 5.03. The van der Waals surface area contributed by atoms with Crippen molar-refractivity contribution in [2.45, 2.75) is 111 Å². The van der Waals surface area contributed by atoms with E-state index < -0.39 is 0 Å². The smallest absolute Gasteiger partial charge is 0.0988 e. The fraction of sp³-hybridized carbons (Fsp3) is 0.952. The lowest BCUT2D eigenvalue weighted by atomic mass is 10.1. The van der Waals surface area contributed by atoms with E-state index in [4.69, 9.17) is 4.99 Å². The average molecular weight is 325 g/mol. The highest BCUT2D eigenvalue weighted by Gasteiger charge is 2.10. The predicted octanol–water partition coefficient (Wildman–Crippen LogP) is 6.84. The number of unbranched alkanes of at least 4 members (excludes halogenated alkanes) is 8. The number of rotatable bonds is 16. The van der Waals surface area contributed by atoms with Gasteiger partial charge in [-0.15, -0.1) is 0 Å². The normalized spacial score (nSPS) is 11.9. The maximum absolute atomic E-state index is 5.03. The van der Waals surface area contributed by atoms with Gasteiger partial charge in [0, 0.05) is 26.1 Å². The Kier molecular flexibility index (Phi) is 17.4. The predicted molar refractivity (Wildman–Crippen MR) is 107 cm³/mol. The van der Waals surface area contributed by atoms with Gasteiger partial charge in [0.2, 0.25) is 0 Å². The average Bonchev–Trinajstić information content (AvgIpc) is 2.56. The molecule has 0 aromatic heterocycles. The molecule has 0 unspecified atom stereocenters. The van der Waals surface area contributed by atoms with Gasteiger partial charge in [0.15, 0.2) is 0 Å². The van der Waals surface area contributed by atoms with Crippen LogP contribution in [0, 0.1) is 0 Å². The molecule has 0 aliphatic heterocycles. The second-order valence-corrected chi connectivity index (χ2v) is 6.86. The van der Waals surface area contributed by atoms with Gasteiger partial charge in [-0.25, -0.2) is 0 Å². The van der Waals surface area contributed by atoms with Gasteiger partial charge in [-0.2, -0.15) is 0 Å². The third kappa shape index (κ3) is 13.6. The van der Waals surface area contributed by atoms with Crippen LogP contribution < -0.4 is 0 Å². The van der Waals surface area contributed by atoms with Gasteiger partial charge in [-0.3, -0.25) is 4.99 Å². The molecule has 0 saturated carbocycles. The standard InChI is InChI=1S/C21H44N2/c1-5-9-13-17-21(22-18-14-10-6-2)23(19-15-11-7-3)20-16-12-8-4/h5-20H2,1-4H3/b22-21+. The minimum Gasteiger partial charge on any atom is -0.360 e. The van der Waals surface area contributed by atoms with Crippen molar-refractivity contribution in [1.29, 1.82) is 0 Å². The first-order valence-electron chi connectivity index (χ1n) is 10.6. The number of hydrogen-bond acceptors (Lipinski definition) is 1. The zero-order valence-corrected chi connectivity index (χ0v) is 16.7. The van der Waals surface area contributed by atoms with Gasteiger partial charge in [-0.1, -0.05) is 79.1 Å². The Labute approximate surface area is 147 Å². The number of nitrogens with zero attached hydrogens (tertiary/aromatic N) is 2. The van der Waals surface area contributed by atoms with Crippen LogP contribution in [0.15, 0.2) is 4.99 Å². The Morgan fingerprint density at radius 2 is 1.09 bits per heavy atom. The second kappa shape index (κ2) is 17.8. The fourth-order valence-electron chi connectivity index (χ4n) is 2.92. The van der Waals surface area contributed by atoms with Crippen LogP contribution in [-0.4, -0.2) is 30.4 Å². The molecule has 0 amide bonds. The Morgan fingerprint density at radius 1 is 0.609 bits per heavy atom. The van der Waals surface area contributed by atoms with Crippen molar-refractivity contribution in [2.75, 3.05) is 19.6 Å². The molecule has 0 N–H and O–H groups in total. The van der Waals surface area contributed by atoms with Crippen LogP contribution in [0.5, 0.6) is 0 Å². The molecule has 0 aliphatic carbocycles. The number of hydrogen-bond donors (Lipinski definition) is 0. The number of amidine groups is 1. The van der Waals surface area contributed by atoms with E-state index in [1.54, 1.807) is 0 Å². The van der Waals surface area contributed by atoms with Crippen LogP contribution >= 0.6 is 0 Å². The minimum atomic E-state index is 1.04. The van der Waals surface area contributed by atoms with E-state index in [0.717, 1.165) is 6.54 Å². The van der Waals surface area contributed by atoms with Crippen molar-refractivity contribution in [2.24, 2.45) is 4.99 Å². The molecule has 0 fully saturated rings. The van der Waals surface area contributed by atoms with Crippen molar-refractivity contribution in [3.8, 4) is 0 Å². The quantitative estimate of drug-likeness (QED) is 0.172. The molecule has 2 heteroatoms. The maximum Gasteiger partial charge on any atom is 0.0988 e. The summed E-state index contributed by atoms with van der Waals surface area (Å²) in [4.78, 5) is 7.67. The molecule has 0 atom stereocenters. The Balaban J connectivity index is 4.62. The summed E-state index contributed by atoms with van der Waals surface area (Å²) in [5.41, 5.74) is 0. The first-order valence-corrected chi connectivity index (χ1v) is 10.6. The van der Waals surface area contributed by atoms with Crippen LogP contribution in [0.25, 0.3) is 0 Å². The zero-order valence-electron chi connectivity index (χ0n) is 16.7. The van der Waals surface area contributed by atoms with Crippen molar-refractivity contribution in [3.63, 3.8) is 0 Å². The largest absolute Gasteiger partial charge is 0.360 e. The molecule has 23 heavy (non-hydrogen) atoms. The SMILES string of the molecule is CCCCC/N=C(\CCCCC)N(CCCCC)CCCCC. The summed E-state index contributed by atoms with van der Waals surface area (Å²) in [6, 6.07) is 0. The molecule has 2 nitrogen and oxygen atoms in total. The first-order chi connectivity index (χ1) is 11.3. The highest BCUT2D eigenvalue weighted by molar-refractivity contribution is 5.82. The zero-order chi connectivity index (χ0) is 17.2. The summed E-state index contributed by atoms with van der Waals surface area (Å²) in [5.74, 6) is 1.42. The summed E-state index contributed by atoms with van der Waals surface area (Å²) in [6.45, 7) is 12.6. The third-order valence-corrected chi connectivity index (χ3v) is 4.49. The van der Waals surface area contributed by atoms with Gasteiger partial charge in [-0.05, 0) is 25.7 Å². The Bertz CT molecular complexity index is 251. The van der Waals surface area contributed by atoms with Crippen molar-refractivity contribution >= 4 is 5.84 Å². The molecule has 138 valence electrons. The van der Waals surface area contributed by atoms with Crippen LogP contribution in [0.3, 0.4) is 0 Å². The molecule has 0 radical (unpaired) electrons. The summed E-state index contributed by atoms with van der Waals surface area (Å²) < 4.78 is 0. The lowest BCUT2D eigenvalue weighted by molar-refractivity contribution is 0.380. The molecule has 0 spiro atoms. The van der Waals surface area contributed by atoms with E-state index in [1.807, 2.05) is 0 Å². The van der Waals surface area contributed by atoms with Gasteiger partial charge >= 0.3 is 0 Å². The van der Waals surface area contributed by atoms with Crippen molar-refractivity contribution in [3.05, 3.63) is 0 Å². The monoisotopic (exact) mass is 324 g/mol. The second-order valence-electron chi connectivity index (χ2n) is 6.86. The molecule has 0 rings (SSSR count). The van der Waals surface area contributed by atoms with E-state index in [9.17, 15) is 0 Å². The van der Waals surface area contributed by atoms with Crippen molar-refractivity contribution < 1.29 is 0 Å². The van der Waals surface area contributed by atoms with E-state index in [1.165, 1.54) is 102 Å². The van der Waals surface area contributed by atoms with E-state index in [-0.39, 0.29) is 0 Å². The van der Waals surface area contributed by atoms with Crippen LogP contribution in [-0.2, 0) is 0 Å². The molecular formula is C21H44N2. The lowest BCUT2D eigenvalue weighted by Crippen LogP contribution is -2.33. The fourth-order valence-corrected chi connectivity index (χ4v) is 2.92. The van der Waals surface area contributed by atoms with Gasteiger partial charge in [0.1, 0.15) is 0 Å². The van der Waals surface area contributed by atoms with Crippen LogP contribution in [0.1, 0.15) is 111 Å². The molecule has 0 aliphatic rings. The summed E-state index contributed by atoms with van der Waals surface area (Å²) >= 11 is 0. The topological polar surface area (TPSA) is 15.6 Å². The van der Waals surface area contributed by atoms with E-state index >= 15 is 0 Å². The Morgan fingerprint density at radius 3 is 1.61 bits per heavy atom. The molecule has 0 bridgehead atoms. The summed E-state index contributed by atoms with van der Waals surface area (Å²) in [5, 5.41) is 0. The third-order valence-electron chi connectivity index (χ3n) is 4.49. The molecule has 0 aromatic rings. The molecule has 0 saturated heterocycles. The summed E-state index contributed by atoms with van der Waals surface area (Å²) in [7, 11) is 0. The van der Waals surface area contributed by atoms with E-state index in [2.05, 4.69) is 32.6 Å². The van der Waals surface area contributed by atoms with Crippen LogP contribution in [0.2, 0.25) is 0 Å². The van der Waals surface area contributed by atoms with Gasteiger partial charge in [0.05, 0.1) is 5.84 Å². The van der Waals surface area contributed by atoms with Gasteiger partial charge in [0.25, 0.3) is 0 Å². The Hall–Kier alpha value is -0.530. The lowest BCUT2D eigenvalue weighted by Gasteiger charge is -2.27. The van der Waals surface area contributed by atoms with E-state index in [0.29, 0.717) is 0 Å². The van der Waals surface area contributed by atoms with Crippen LogP contribution in [0.4, 0.5) is 0 Å². The first kappa shape index (κ1) is 22.5. The molecule has 0 heterocycles. The van der Waals surface area contributed by atoms with Crippen molar-refractivity contribution in [1.82, 2.24) is 4.90 Å². The summed E-state index contributed by atoms with van der Waals surface area (Å²) in [6.07, 6.45) is 17.0. The van der Waals surface area contributed by atoms with Gasteiger partial charge < -0.3 is 4.90 Å². The highest BCUT2D eigenvalue weighted by Crippen LogP contribution is 2.10.